The summed E-state index contributed by atoms with van der Waals surface area (Å²) in [6, 6.07) is 3.63. The summed E-state index contributed by atoms with van der Waals surface area (Å²) >= 11 is 2.79. The Kier molecular flexibility index (Phi) is 4.05. The Hall–Kier alpha value is -2.03. The maximum Gasteiger partial charge on any atom is 0.271 e. The predicted octanol–water partition coefficient (Wildman–Crippen LogP) is 1.76. The molecule has 6 nitrogen and oxygen atoms in total. The minimum absolute atomic E-state index is 0.0111. The van der Waals surface area contributed by atoms with Gasteiger partial charge in [-0.3, -0.25) is 14.0 Å². The molecule has 3 aromatic rings. The first kappa shape index (κ1) is 15.9. The van der Waals surface area contributed by atoms with E-state index < -0.39 is 17.1 Å². The summed E-state index contributed by atoms with van der Waals surface area (Å²) in [6.45, 7) is 3.50. The van der Waals surface area contributed by atoms with Gasteiger partial charge in [0.2, 0.25) is 0 Å². The molecule has 2 N–H and O–H groups in total. The molecule has 120 valence electrons. The van der Waals surface area contributed by atoms with Crippen LogP contribution >= 0.6 is 22.7 Å². The molecule has 0 bridgehead atoms. The molecule has 3 aromatic heterocycles. The number of aromatic nitrogens is 2. The number of aliphatic hydroxyl groups is 1. The molecule has 1 unspecified atom stereocenters. The summed E-state index contributed by atoms with van der Waals surface area (Å²) in [5.74, 6) is -0.544. The lowest BCUT2D eigenvalue weighted by Gasteiger charge is -2.22. The van der Waals surface area contributed by atoms with Crippen molar-refractivity contribution in [1.29, 1.82) is 0 Å². The average molecular weight is 349 g/mol. The van der Waals surface area contributed by atoms with Gasteiger partial charge in [0.05, 0.1) is 6.54 Å². The van der Waals surface area contributed by atoms with Crippen LogP contribution in [0.1, 0.15) is 27.0 Å². The quantitative estimate of drug-likeness (QED) is 0.752. The molecular weight excluding hydrogens is 334 g/mol. The van der Waals surface area contributed by atoms with Crippen LogP contribution in [0.4, 0.5) is 0 Å². The van der Waals surface area contributed by atoms with Gasteiger partial charge in [0.1, 0.15) is 11.2 Å². The van der Waals surface area contributed by atoms with E-state index in [-0.39, 0.29) is 12.1 Å². The summed E-state index contributed by atoms with van der Waals surface area (Å²) in [5, 5.41) is 14.9. The van der Waals surface area contributed by atoms with Crippen LogP contribution in [0.5, 0.6) is 0 Å². The van der Waals surface area contributed by atoms with Crippen LogP contribution in [0.25, 0.3) is 4.96 Å². The van der Waals surface area contributed by atoms with Crippen molar-refractivity contribution in [3.63, 3.8) is 0 Å². The fourth-order valence-electron chi connectivity index (χ4n) is 2.17. The van der Waals surface area contributed by atoms with E-state index in [1.807, 2.05) is 18.4 Å². The zero-order valence-corrected chi connectivity index (χ0v) is 14.2. The van der Waals surface area contributed by atoms with Crippen molar-refractivity contribution in [2.45, 2.75) is 19.4 Å². The van der Waals surface area contributed by atoms with E-state index >= 15 is 0 Å². The van der Waals surface area contributed by atoms with E-state index in [0.717, 1.165) is 9.75 Å². The summed E-state index contributed by atoms with van der Waals surface area (Å²) in [4.78, 5) is 31.0. The summed E-state index contributed by atoms with van der Waals surface area (Å²) in [5.41, 5.74) is -1.63. The van der Waals surface area contributed by atoms with Gasteiger partial charge in [-0.1, -0.05) is 6.07 Å². The Morgan fingerprint density at radius 3 is 3.00 bits per heavy atom. The minimum Gasteiger partial charge on any atom is -0.383 e. The topological polar surface area (TPSA) is 83.7 Å². The van der Waals surface area contributed by atoms with Crippen LogP contribution in [0, 0.1) is 6.92 Å². The third-order valence-corrected chi connectivity index (χ3v) is 5.45. The second-order valence-corrected chi connectivity index (χ2v) is 7.57. The van der Waals surface area contributed by atoms with Crippen molar-refractivity contribution in [2.75, 3.05) is 6.54 Å². The Morgan fingerprint density at radius 1 is 1.52 bits per heavy atom. The van der Waals surface area contributed by atoms with Gasteiger partial charge in [0, 0.05) is 22.1 Å². The van der Waals surface area contributed by atoms with Gasteiger partial charge < -0.3 is 10.4 Å². The Labute approximate surface area is 140 Å². The highest BCUT2D eigenvalue weighted by atomic mass is 32.1. The maximum absolute atomic E-state index is 12.3. The zero-order valence-electron chi connectivity index (χ0n) is 12.6. The van der Waals surface area contributed by atoms with Crippen LogP contribution in [0.2, 0.25) is 0 Å². The normalized spacial score (nSPS) is 13.9. The lowest BCUT2D eigenvalue weighted by Crippen LogP contribution is -2.40. The fraction of sp³-hybridized carbons (Fsp3) is 0.267. The molecule has 0 aliphatic rings. The number of carbonyl (C=O) groups excluding carboxylic acids is 1. The number of hydrogen-bond donors (Lipinski definition) is 2. The van der Waals surface area contributed by atoms with Gasteiger partial charge in [-0.2, -0.15) is 0 Å². The first-order valence-electron chi connectivity index (χ1n) is 6.91. The number of amides is 1. The number of nitrogens with one attached hydrogen (secondary N) is 1. The van der Waals surface area contributed by atoms with Crippen molar-refractivity contribution in [3.8, 4) is 0 Å². The molecule has 8 heteroatoms. The van der Waals surface area contributed by atoms with Crippen molar-refractivity contribution in [3.05, 3.63) is 55.6 Å². The summed E-state index contributed by atoms with van der Waals surface area (Å²) in [6.07, 6.45) is 2.94. The smallest absolute Gasteiger partial charge is 0.271 e. The van der Waals surface area contributed by atoms with Crippen molar-refractivity contribution in [1.82, 2.24) is 14.7 Å². The molecule has 0 aliphatic carbocycles. The highest BCUT2D eigenvalue weighted by Crippen LogP contribution is 2.24. The average Bonchev–Trinajstić information content (AvgIpc) is 3.14. The van der Waals surface area contributed by atoms with Crippen molar-refractivity contribution in [2.24, 2.45) is 0 Å². The lowest BCUT2D eigenvalue weighted by atomic mass is 10.1. The van der Waals surface area contributed by atoms with Gasteiger partial charge >= 0.3 is 0 Å². The van der Waals surface area contributed by atoms with Crippen LogP contribution in [-0.4, -0.2) is 26.9 Å². The molecule has 0 aromatic carbocycles. The maximum atomic E-state index is 12.3. The first-order valence-corrected chi connectivity index (χ1v) is 8.60. The summed E-state index contributed by atoms with van der Waals surface area (Å²) in [7, 11) is 0. The molecule has 1 atom stereocenters. The molecule has 0 saturated carbocycles. The second-order valence-electron chi connectivity index (χ2n) is 5.41. The Balaban J connectivity index is 1.81. The second kappa shape index (κ2) is 5.88. The third kappa shape index (κ3) is 3.05. The molecule has 0 radical (unpaired) electrons. The van der Waals surface area contributed by atoms with Gasteiger partial charge in [0.15, 0.2) is 4.96 Å². The molecular formula is C15H15N3O3S2. The van der Waals surface area contributed by atoms with Gasteiger partial charge in [-0.15, -0.1) is 22.7 Å². The number of rotatable bonds is 4. The van der Waals surface area contributed by atoms with E-state index in [1.54, 1.807) is 19.2 Å². The predicted molar refractivity (Wildman–Crippen MR) is 90.3 cm³/mol. The molecule has 0 aliphatic heterocycles. The number of thiazole rings is 1. The molecule has 0 saturated heterocycles. The van der Waals surface area contributed by atoms with E-state index in [1.165, 1.54) is 33.3 Å². The SMILES string of the molecule is Cc1cn2c(=O)c(C(=O)NCC(C)(O)c3cccs3)cnc2s1. The van der Waals surface area contributed by atoms with Crippen LogP contribution in [0.15, 0.2) is 34.7 Å². The van der Waals surface area contributed by atoms with E-state index in [4.69, 9.17) is 0 Å². The third-order valence-electron chi connectivity index (χ3n) is 3.41. The van der Waals surface area contributed by atoms with Gasteiger partial charge in [0.25, 0.3) is 11.5 Å². The fourth-order valence-corrected chi connectivity index (χ4v) is 3.74. The molecule has 1 amide bonds. The standard InChI is InChI=1S/C15H15N3O3S2/c1-9-7-18-13(20)10(6-16-14(18)23-9)12(19)17-8-15(2,21)11-4-3-5-22-11/h3-7,21H,8H2,1-2H3,(H,17,19). The first-order chi connectivity index (χ1) is 10.9. The molecule has 3 rings (SSSR count). The number of thiophene rings is 1. The molecule has 3 heterocycles. The van der Waals surface area contributed by atoms with Gasteiger partial charge in [-0.25, -0.2) is 4.98 Å². The Morgan fingerprint density at radius 2 is 2.30 bits per heavy atom. The minimum atomic E-state index is -1.18. The number of fused-ring (bicyclic) bond motifs is 1. The summed E-state index contributed by atoms with van der Waals surface area (Å²) < 4.78 is 1.37. The number of nitrogens with zero attached hydrogens (tertiary/aromatic N) is 2. The van der Waals surface area contributed by atoms with E-state index in [0.29, 0.717) is 4.96 Å². The number of carbonyl (C=O) groups is 1. The van der Waals surface area contributed by atoms with E-state index in [9.17, 15) is 14.7 Å². The van der Waals surface area contributed by atoms with Crippen LogP contribution in [0.3, 0.4) is 0 Å². The number of aryl methyl sites for hydroxylation is 1. The van der Waals surface area contributed by atoms with E-state index in [2.05, 4.69) is 10.3 Å². The molecule has 0 spiro atoms. The molecule has 0 fully saturated rings. The van der Waals surface area contributed by atoms with Gasteiger partial charge in [-0.05, 0) is 25.3 Å². The highest BCUT2D eigenvalue weighted by Gasteiger charge is 2.26. The van der Waals surface area contributed by atoms with Crippen LogP contribution in [-0.2, 0) is 5.60 Å². The van der Waals surface area contributed by atoms with Crippen molar-refractivity contribution >= 4 is 33.5 Å². The monoisotopic (exact) mass is 349 g/mol. The zero-order chi connectivity index (χ0) is 16.6. The Bertz CT molecular complexity index is 910. The largest absolute Gasteiger partial charge is 0.383 e. The van der Waals surface area contributed by atoms with Crippen LogP contribution < -0.4 is 10.9 Å². The highest BCUT2D eigenvalue weighted by molar-refractivity contribution is 7.16. The lowest BCUT2D eigenvalue weighted by molar-refractivity contribution is 0.0556. The molecule has 23 heavy (non-hydrogen) atoms. The number of hydrogen-bond acceptors (Lipinski definition) is 6. The van der Waals surface area contributed by atoms with Crippen molar-refractivity contribution < 1.29 is 9.90 Å².